The lowest BCUT2D eigenvalue weighted by molar-refractivity contribution is 0.366. The maximum atomic E-state index is 12.2. The van der Waals surface area contributed by atoms with E-state index in [-0.39, 0.29) is 9.92 Å². The van der Waals surface area contributed by atoms with E-state index in [0.29, 0.717) is 17.3 Å². The number of alkyl halides is 1. The van der Waals surface area contributed by atoms with Crippen LogP contribution in [0.3, 0.4) is 0 Å². The molecular weight excluding hydrogens is 350 g/mol. The highest BCUT2D eigenvalue weighted by molar-refractivity contribution is 9.09. The molecular formula is C13H17BrClNO2S. The number of benzene rings is 1. The molecule has 1 aliphatic rings. The maximum absolute atomic E-state index is 12.2. The van der Waals surface area contributed by atoms with Gasteiger partial charge < -0.3 is 0 Å². The Morgan fingerprint density at radius 2 is 1.84 bits per heavy atom. The Kier molecular flexibility index (Phi) is 5.29. The summed E-state index contributed by atoms with van der Waals surface area (Å²) in [5, 5.41) is 0.263. The van der Waals surface area contributed by atoms with Gasteiger partial charge in [0.2, 0.25) is 10.0 Å². The van der Waals surface area contributed by atoms with Crippen molar-refractivity contribution in [2.75, 3.05) is 6.54 Å². The van der Waals surface area contributed by atoms with E-state index in [1.54, 1.807) is 18.2 Å². The Hall–Kier alpha value is -0.100. The number of hydrogen-bond donors (Lipinski definition) is 1. The van der Waals surface area contributed by atoms with Gasteiger partial charge >= 0.3 is 0 Å². The van der Waals surface area contributed by atoms with Crippen LogP contribution in [0.25, 0.3) is 0 Å². The van der Waals surface area contributed by atoms with Crippen molar-refractivity contribution in [2.24, 2.45) is 5.92 Å². The van der Waals surface area contributed by atoms with Gasteiger partial charge in [0.1, 0.15) is 4.90 Å². The molecule has 0 atom stereocenters. The van der Waals surface area contributed by atoms with E-state index in [1.165, 1.54) is 6.07 Å². The number of halogens is 2. The average Bonchev–Trinajstić information content (AvgIpc) is 2.38. The third-order valence-electron chi connectivity index (χ3n) is 3.46. The molecule has 0 unspecified atom stereocenters. The Balaban J connectivity index is 1.97. The fourth-order valence-electron chi connectivity index (χ4n) is 2.29. The first-order valence-corrected chi connectivity index (χ1v) is 9.15. The number of nitrogens with one attached hydrogen (secondary N) is 1. The number of sulfonamides is 1. The summed E-state index contributed by atoms with van der Waals surface area (Å²) in [6.07, 6.45) is 4.33. The third kappa shape index (κ3) is 4.18. The van der Waals surface area contributed by atoms with Crippen LogP contribution in [0.2, 0.25) is 5.02 Å². The van der Waals surface area contributed by atoms with Gasteiger partial charge in [0.25, 0.3) is 0 Å². The van der Waals surface area contributed by atoms with Crippen molar-refractivity contribution in [3.05, 3.63) is 29.3 Å². The highest BCUT2D eigenvalue weighted by Crippen LogP contribution is 2.28. The normalized spacial score (nSPS) is 24.3. The third-order valence-corrected chi connectivity index (χ3v) is 6.30. The van der Waals surface area contributed by atoms with Crippen LogP contribution in [0, 0.1) is 5.92 Å². The van der Waals surface area contributed by atoms with E-state index in [4.69, 9.17) is 11.6 Å². The second kappa shape index (κ2) is 6.57. The fraction of sp³-hybridized carbons (Fsp3) is 0.538. The predicted molar refractivity (Wildman–Crippen MR) is 81.3 cm³/mol. The average molecular weight is 367 g/mol. The lowest BCUT2D eigenvalue weighted by Gasteiger charge is -2.25. The Labute approximate surface area is 127 Å². The predicted octanol–water partition coefficient (Wildman–Crippen LogP) is 3.57. The molecule has 3 nitrogen and oxygen atoms in total. The molecule has 0 amide bonds. The molecule has 0 saturated heterocycles. The Morgan fingerprint density at radius 1 is 1.21 bits per heavy atom. The van der Waals surface area contributed by atoms with Gasteiger partial charge in [-0.05, 0) is 43.7 Å². The zero-order valence-electron chi connectivity index (χ0n) is 10.5. The summed E-state index contributed by atoms with van der Waals surface area (Å²) < 4.78 is 27.0. The molecule has 1 aliphatic carbocycles. The summed E-state index contributed by atoms with van der Waals surface area (Å²) in [4.78, 5) is 0.745. The summed E-state index contributed by atoms with van der Waals surface area (Å²) in [5.41, 5.74) is 0. The molecule has 0 radical (unpaired) electrons. The quantitative estimate of drug-likeness (QED) is 0.828. The SMILES string of the molecule is O=S(=O)(NCC1CCC(Br)CC1)c1ccccc1Cl. The second-order valence-corrected chi connectivity index (χ2v) is 8.34. The molecule has 106 valence electrons. The molecule has 0 heterocycles. The van der Waals surface area contributed by atoms with Crippen LogP contribution >= 0.6 is 27.5 Å². The lowest BCUT2D eigenvalue weighted by atomic mass is 9.89. The Bertz CT molecular complexity index is 527. The van der Waals surface area contributed by atoms with E-state index in [1.807, 2.05) is 0 Å². The lowest BCUT2D eigenvalue weighted by Crippen LogP contribution is -2.31. The minimum atomic E-state index is -3.50. The molecule has 1 fully saturated rings. The summed E-state index contributed by atoms with van der Waals surface area (Å²) in [6.45, 7) is 0.493. The van der Waals surface area contributed by atoms with Crippen LogP contribution in [-0.4, -0.2) is 19.8 Å². The second-order valence-electron chi connectivity index (χ2n) is 4.90. The Morgan fingerprint density at radius 3 is 2.47 bits per heavy atom. The first kappa shape index (κ1) is 15.3. The van der Waals surface area contributed by atoms with E-state index in [2.05, 4.69) is 20.7 Å². The molecule has 0 aromatic heterocycles. The first-order valence-electron chi connectivity index (χ1n) is 6.37. The van der Waals surface area contributed by atoms with Crippen LogP contribution in [-0.2, 0) is 10.0 Å². The first-order chi connectivity index (χ1) is 8.99. The van der Waals surface area contributed by atoms with Gasteiger partial charge in [0.15, 0.2) is 0 Å². The molecule has 2 rings (SSSR count). The van der Waals surface area contributed by atoms with Gasteiger partial charge in [0, 0.05) is 11.4 Å². The summed E-state index contributed by atoms with van der Waals surface area (Å²) in [6, 6.07) is 6.52. The van der Waals surface area contributed by atoms with Crippen LogP contribution in [0.15, 0.2) is 29.2 Å². The van der Waals surface area contributed by atoms with Crippen LogP contribution in [0.5, 0.6) is 0 Å². The minimum absolute atomic E-state index is 0.158. The fourth-order valence-corrected chi connectivity index (χ4v) is 4.46. The summed E-state index contributed by atoms with van der Waals surface area (Å²) >= 11 is 9.52. The molecule has 1 aromatic carbocycles. The van der Waals surface area contributed by atoms with Crippen molar-refractivity contribution in [1.29, 1.82) is 0 Å². The van der Waals surface area contributed by atoms with Gasteiger partial charge in [0.05, 0.1) is 5.02 Å². The zero-order valence-corrected chi connectivity index (χ0v) is 13.6. The summed E-state index contributed by atoms with van der Waals surface area (Å²) in [5.74, 6) is 0.422. The zero-order chi connectivity index (χ0) is 13.9. The van der Waals surface area contributed by atoms with Gasteiger partial charge in [-0.2, -0.15) is 0 Å². The summed E-state index contributed by atoms with van der Waals surface area (Å²) in [7, 11) is -3.50. The molecule has 1 N–H and O–H groups in total. The molecule has 6 heteroatoms. The molecule has 0 spiro atoms. The van der Waals surface area contributed by atoms with Crippen LogP contribution in [0.1, 0.15) is 25.7 Å². The smallest absolute Gasteiger partial charge is 0.211 e. The van der Waals surface area contributed by atoms with Crippen molar-refractivity contribution < 1.29 is 8.42 Å². The maximum Gasteiger partial charge on any atom is 0.242 e. The highest BCUT2D eigenvalue weighted by Gasteiger charge is 2.22. The van der Waals surface area contributed by atoms with Crippen molar-refractivity contribution in [2.45, 2.75) is 35.4 Å². The largest absolute Gasteiger partial charge is 0.242 e. The highest BCUT2D eigenvalue weighted by atomic mass is 79.9. The van der Waals surface area contributed by atoms with Gasteiger partial charge in [-0.3, -0.25) is 0 Å². The molecule has 0 aliphatic heterocycles. The van der Waals surface area contributed by atoms with Gasteiger partial charge in [-0.1, -0.05) is 39.7 Å². The standard InChI is InChI=1S/C13H17BrClNO2S/c14-11-7-5-10(6-8-11)9-16-19(17,18)13-4-2-1-3-12(13)15/h1-4,10-11,16H,5-9H2. The number of rotatable bonds is 4. The van der Waals surface area contributed by atoms with Crippen molar-refractivity contribution in [3.8, 4) is 0 Å². The molecule has 19 heavy (non-hydrogen) atoms. The van der Waals surface area contributed by atoms with E-state index >= 15 is 0 Å². The van der Waals surface area contributed by atoms with Crippen molar-refractivity contribution >= 4 is 37.6 Å². The van der Waals surface area contributed by atoms with Crippen LogP contribution < -0.4 is 4.72 Å². The molecule has 1 aromatic rings. The van der Waals surface area contributed by atoms with Gasteiger partial charge in [-0.15, -0.1) is 0 Å². The topological polar surface area (TPSA) is 46.2 Å². The molecule has 0 bridgehead atoms. The molecule has 1 saturated carbocycles. The van der Waals surface area contributed by atoms with E-state index < -0.39 is 10.0 Å². The minimum Gasteiger partial charge on any atom is -0.211 e. The monoisotopic (exact) mass is 365 g/mol. The van der Waals surface area contributed by atoms with E-state index in [9.17, 15) is 8.42 Å². The van der Waals surface area contributed by atoms with Crippen molar-refractivity contribution in [1.82, 2.24) is 4.72 Å². The van der Waals surface area contributed by atoms with Crippen LogP contribution in [0.4, 0.5) is 0 Å². The number of hydrogen-bond acceptors (Lipinski definition) is 2. The van der Waals surface area contributed by atoms with E-state index in [0.717, 1.165) is 25.7 Å². The van der Waals surface area contributed by atoms with Crippen molar-refractivity contribution in [3.63, 3.8) is 0 Å². The van der Waals surface area contributed by atoms with Gasteiger partial charge in [-0.25, -0.2) is 13.1 Å².